The van der Waals surface area contributed by atoms with E-state index in [0.29, 0.717) is 11.6 Å². The average molecular weight is 375 g/mol. The zero-order valence-electron chi connectivity index (χ0n) is 15.3. The van der Waals surface area contributed by atoms with Gasteiger partial charge in [0.15, 0.2) is 0 Å². The van der Waals surface area contributed by atoms with E-state index in [1.54, 1.807) is 7.05 Å². The lowest BCUT2D eigenvalue weighted by Crippen LogP contribution is -2.43. The largest absolute Gasteiger partial charge is 0.315 e. The Morgan fingerprint density at radius 3 is 2.42 bits per heavy atom. The van der Waals surface area contributed by atoms with Crippen LogP contribution >= 0.6 is 0 Å². The molecule has 0 atom stereocenters. The minimum atomic E-state index is -3.63. The third kappa shape index (κ3) is 4.62. The molecular weight excluding hydrogens is 348 g/mol. The molecule has 0 saturated heterocycles. The second kappa shape index (κ2) is 7.76. The zero-order valence-corrected chi connectivity index (χ0v) is 16.1. The second-order valence-corrected chi connectivity index (χ2v) is 9.07. The van der Waals surface area contributed by atoms with Crippen molar-refractivity contribution in [2.24, 2.45) is 5.92 Å². The Bertz CT molecular complexity index is 887. The number of carbonyl (C=O) groups is 1. The van der Waals surface area contributed by atoms with E-state index >= 15 is 0 Å². The minimum absolute atomic E-state index is 0.0463. The first kappa shape index (κ1) is 18.9. The van der Waals surface area contributed by atoms with Crippen LogP contribution in [0.3, 0.4) is 0 Å². The molecule has 1 amide bonds. The normalized spacial score (nSPS) is 20.8. The van der Waals surface area contributed by atoms with Crippen molar-refractivity contribution in [2.75, 3.05) is 17.7 Å². The number of hydrogen-bond acceptors (Lipinski definition) is 3. The lowest BCUT2D eigenvalue weighted by Gasteiger charge is -2.27. The Hall–Kier alpha value is -1.92. The van der Waals surface area contributed by atoms with E-state index in [1.807, 2.05) is 42.5 Å². The maximum atomic E-state index is 12.5. The summed E-state index contributed by atoms with van der Waals surface area (Å²) in [5.74, 6) is -0.309. The molecule has 0 radical (unpaired) electrons. The van der Waals surface area contributed by atoms with Crippen molar-refractivity contribution in [2.45, 2.75) is 38.6 Å². The molecule has 2 aromatic rings. The van der Waals surface area contributed by atoms with Crippen LogP contribution in [-0.2, 0) is 14.8 Å². The average Bonchev–Trinajstić information content (AvgIpc) is 2.62. The van der Waals surface area contributed by atoms with Gasteiger partial charge in [0.05, 0.1) is 0 Å². The molecule has 6 heteroatoms. The summed E-state index contributed by atoms with van der Waals surface area (Å²) < 4.78 is 27.5. The fourth-order valence-electron chi connectivity index (χ4n) is 3.46. The number of nitrogens with one attached hydrogen (secondary N) is 1. The van der Waals surface area contributed by atoms with Crippen LogP contribution in [0.2, 0.25) is 0 Å². The molecule has 1 N–H and O–H groups in total. The smallest absolute Gasteiger partial charge is 0.243 e. The standard InChI is InChI=1S/C20H26N2O3S/c1-15-7-10-18(11-8-15)21-26(24,25)14-20(23)22(2)19-12-9-16-5-3-4-6-17(16)13-19/h3-6,9,12-13,15,18,21H,7-8,10-11,14H2,1-2H3. The zero-order chi connectivity index (χ0) is 18.7. The predicted octanol–water partition coefficient (Wildman–Crippen LogP) is 3.30. The van der Waals surface area contributed by atoms with Crippen LogP contribution in [0.4, 0.5) is 5.69 Å². The van der Waals surface area contributed by atoms with Crippen molar-refractivity contribution in [1.29, 1.82) is 0 Å². The topological polar surface area (TPSA) is 66.5 Å². The van der Waals surface area contributed by atoms with Crippen molar-refractivity contribution in [3.63, 3.8) is 0 Å². The number of nitrogens with zero attached hydrogens (tertiary/aromatic N) is 1. The summed E-state index contributed by atoms with van der Waals surface area (Å²) in [6, 6.07) is 13.5. The van der Waals surface area contributed by atoms with Crippen LogP contribution in [0.15, 0.2) is 42.5 Å². The Morgan fingerprint density at radius 2 is 1.73 bits per heavy atom. The van der Waals surface area contributed by atoms with Crippen LogP contribution in [0.25, 0.3) is 10.8 Å². The van der Waals surface area contributed by atoms with Crippen molar-refractivity contribution >= 4 is 32.4 Å². The van der Waals surface area contributed by atoms with E-state index in [-0.39, 0.29) is 6.04 Å². The van der Waals surface area contributed by atoms with E-state index in [2.05, 4.69) is 11.6 Å². The highest BCUT2D eigenvalue weighted by Gasteiger charge is 2.26. The Morgan fingerprint density at radius 1 is 1.08 bits per heavy atom. The van der Waals surface area contributed by atoms with Crippen LogP contribution in [0.5, 0.6) is 0 Å². The van der Waals surface area contributed by atoms with Gasteiger partial charge in [-0.15, -0.1) is 0 Å². The van der Waals surface area contributed by atoms with Gasteiger partial charge in [0.2, 0.25) is 15.9 Å². The summed E-state index contributed by atoms with van der Waals surface area (Å²) in [5.41, 5.74) is 0.690. The third-order valence-electron chi connectivity index (χ3n) is 5.17. The highest BCUT2D eigenvalue weighted by Crippen LogP contribution is 2.24. The fourth-order valence-corrected chi connectivity index (χ4v) is 4.81. The molecule has 3 rings (SSSR count). The van der Waals surface area contributed by atoms with Gasteiger partial charge in [0.1, 0.15) is 5.75 Å². The first-order valence-electron chi connectivity index (χ1n) is 9.09. The summed E-state index contributed by atoms with van der Waals surface area (Å²) >= 11 is 0. The molecule has 0 heterocycles. The van der Waals surface area contributed by atoms with E-state index in [9.17, 15) is 13.2 Å². The maximum Gasteiger partial charge on any atom is 0.243 e. The highest BCUT2D eigenvalue weighted by atomic mass is 32.2. The van der Waals surface area contributed by atoms with Crippen molar-refractivity contribution in [3.05, 3.63) is 42.5 Å². The second-order valence-electron chi connectivity index (χ2n) is 7.32. The van der Waals surface area contributed by atoms with Gasteiger partial charge in [-0.05, 0) is 54.5 Å². The first-order valence-corrected chi connectivity index (χ1v) is 10.7. The van der Waals surface area contributed by atoms with E-state index in [0.717, 1.165) is 36.5 Å². The monoisotopic (exact) mass is 374 g/mol. The Labute approximate surface area is 155 Å². The summed E-state index contributed by atoms with van der Waals surface area (Å²) in [5, 5.41) is 2.10. The molecule has 1 saturated carbocycles. The van der Waals surface area contributed by atoms with E-state index < -0.39 is 21.7 Å². The minimum Gasteiger partial charge on any atom is -0.315 e. The SMILES string of the molecule is CC1CCC(NS(=O)(=O)CC(=O)N(C)c2ccc3ccccc3c2)CC1. The maximum absolute atomic E-state index is 12.5. The summed E-state index contributed by atoms with van der Waals surface area (Å²) in [6.07, 6.45) is 3.74. The molecule has 2 aromatic carbocycles. The van der Waals surface area contributed by atoms with Gasteiger partial charge in [0.25, 0.3) is 0 Å². The molecule has 0 unspecified atom stereocenters. The van der Waals surface area contributed by atoms with E-state index in [1.165, 1.54) is 4.90 Å². The van der Waals surface area contributed by atoms with Gasteiger partial charge in [0, 0.05) is 18.8 Å². The molecular formula is C20H26N2O3S. The van der Waals surface area contributed by atoms with Crippen molar-refractivity contribution in [3.8, 4) is 0 Å². The van der Waals surface area contributed by atoms with Gasteiger partial charge in [-0.3, -0.25) is 4.79 Å². The van der Waals surface area contributed by atoms with E-state index in [4.69, 9.17) is 0 Å². The van der Waals surface area contributed by atoms with Gasteiger partial charge in [-0.2, -0.15) is 0 Å². The van der Waals surface area contributed by atoms with Crippen molar-refractivity contribution in [1.82, 2.24) is 4.72 Å². The molecule has 140 valence electrons. The summed E-state index contributed by atoms with van der Waals surface area (Å²) in [4.78, 5) is 13.9. The van der Waals surface area contributed by atoms with Gasteiger partial charge < -0.3 is 4.90 Å². The molecule has 1 aliphatic carbocycles. The van der Waals surface area contributed by atoms with Crippen LogP contribution < -0.4 is 9.62 Å². The Kier molecular flexibility index (Phi) is 5.63. The van der Waals surface area contributed by atoms with Crippen LogP contribution in [-0.4, -0.2) is 33.2 Å². The number of amides is 1. The predicted molar refractivity (Wildman–Crippen MR) is 106 cm³/mol. The lowest BCUT2D eigenvalue weighted by atomic mass is 9.88. The number of carbonyl (C=O) groups excluding carboxylic acids is 1. The van der Waals surface area contributed by atoms with Gasteiger partial charge in [-0.1, -0.05) is 37.3 Å². The molecule has 0 spiro atoms. The number of hydrogen-bond donors (Lipinski definition) is 1. The number of benzene rings is 2. The highest BCUT2D eigenvalue weighted by molar-refractivity contribution is 7.90. The Balaban J connectivity index is 1.65. The number of sulfonamides is 1. The molecule has 26 heavy (non-hydrogen) atoms. The molecule has 0 bridgehead atoms. The quantitative estimate of drug-likeness (QED) is 0.873. The number of anilines is 1. The summed E-state index contributed by atoms with van der Waals surface area (Å²) in [6.45, 7) is 2.19. The fraction of sp³-hybridized carbons (Fsp3) is 0.450. The van der Waals surface area contributed by atoms with Gasteiger partial charge in [-0.25, -0.2) is 13.1 Å². The number of rotatable bonds is 5. The van der Waals surface area contributed by atoms with Crippen LogP contribution in [0.1, 0.15) is 32.6 Å². The summed E-state index contributed by atoms with van der Waals surface area (Å²) in [7, 11) is -2.02. The first-order chi connectivity index (χ1) is 12.3. The molecule has 0 aliphatic heterocycles. The third-order valence-corrected chi connectivity index (χ3v) is 6.49. The van der Waals surface area contributed by atoms with Crippen LogP contribution in [0, 0.1) is 5.92 Å². The number of fused-ring (bicyclic) bond motifs is 1. The van der Waals surface area contributed by atoms with Gasteiger partial charge >= 0.3 is 0 Å². The molecule has 0 aromatic heterocycles. The molecule has 5 nitrogen and oxygen atoms in total. The molecule has 1 aliphatic rings. The lowest BCUT2D eigenvalue weighted by molar-refractivity contribution is -0.115. The van der Waals surface area contributed by atoms with Crippen molar-refractivity contribution < 1.29 is 13.2 Å². The molecule has 1 fully saturated rings.